The molecule has 0 saturated carbocycles. The summed E-state index contributed by atoms with van der Waals surface area (Å²) in [5.74, 6) is 0. The smallest absolute Gasteiger partial charge is 0.0669 e. The molecule has 0 amide bonds. The van der Waals surface area contributed by atoms with Crippen molar-refractivity contribution in [1.82, 2.24) is 0 Å². The predicted molar refractivity (Wildman–Crippen MR) is 92.6 cm³/mol. The molecule has 1 unspecified atom stereocenters. The molecule has 1 aliphatic heterocycles. The zero-order chi connectivity index (χ0) is 14.9. The van der Waals surface area contributed by atoms with E-state index in [1.807, 2.05) is 0 Å². The summed E-state index contributed by atoms with van der Waals surface area (Å²) >= 11 is 2.08. The largest absolute Gasteiger partial charge is 0.330 e. The Morgan fingerprint density at radius 2 is 1.52 bits per heavy atom. The lowest BCUT2D eigenvalue weighted by Crippen LogP contribution is -2.23. The second-order valence-corrected chi connectivity index (χ2v) is 8.16. The zero-order valence-corrected chi connectivity index (χ0v) is 13.6. The molecule has 1 atom stereocenters. The fraction of sp³-hybridized carbons (Fsp3) is 0.368. The molecule has 2 N–H and O–H groups in total. The molecule has 110 valence electrons. The van der Waals surface area contributed by atoms with E-state index in [1.165, 1.54) is 16.7 Å². The van der Waals surface area contributed by atoms with Gasteiger partial charge >= 0.3 is 0 Å². The van der Waals surface area contributed by atoms with Gasteiger partial charge in [-0.25, -0.2) is 0 Å². The first-order valence-corrected chi connectivity index (χ1v) is 8.47. The molecule has 1 nitrogen and oxygen atoms in total. The highest BCUT2D eigenvalue weighted by Gasteiger charge is 2.48. The fourth-order valence-electron chi connectivity index (χ4n) is 3.51. The van der Waals surface area contributed by atoms with Crippen LogP contribution < -0.4 is 5.73 Å². The predicted octanol–water partition coefficient (Wildman–Crippen LogP) is 4.65. The van der Waals surface area contributed by atoms with E-state index in [0.29, 0.717) is 0 Å². The Balaban J connectivity index is 2.18. The van der Waals surface area contributed by atoms with Crippen molar-refractivity contribution in [3.8, 4) is 0 Å². The minimum atomic E-state index is 0.0424. The minimum absolute atomic E-state index is 0.0424. The maximum Gasteiger partial charge on any atom is 0.0669 e. The van der Waals surface area contributed by atoms with Crippen LogP contribution in [0, 0.1) is 0 Å². The molecule has 0 spiro atoms. The number of thioether (sulfide) groups is 1. The average molecular weight is 297 g/mol. The molecule has 2 heteroatoms. The first-order valence-electron chi connectivity index (χ1n) is 7.66. The van der Waals surface area contributed by atoms with Gasteiger partial charge in [0, 0.05) is 4.75 Å². The first kappa shape index (κ1) is 14.7. The first-order chi connectivity index (χ1) is 10.1. The van der Waals surface area contributed by atoms with Crippen molar-refractivity contribution in [2.24, 2.45) is 5.73 Å². The normalized spacial score (nSPS) is 23.0. The number of benzene rings is 2. The summed E-state index contributed by atoms with van der Waals surface area (Å²) in [6, 6.07) is 19.8. The SMILES string of the molecule is CC1(C)SC(CCCN)(c2ccccc2)c2ccccc21. The van der Waals surface area contributed by atoms with Crippen molar-refractivity contribution in [2.75, 3.05) is 6.54 Å². The summed E-state index contributed by atoms with van der Waals surface area (Å²) in [6.45, 7) is 5.42. The molecule has 0 radical (unpaired) electrons. The second kappa shape index (κ2) is 5.51. The number of rotatable bonds is 4. The molecule has 0 bridgehead atoms. The molecule has 0 aromatic heterocycles. The summed E-state index contributed by atoms with van der Waals surface area (Å²) in [7, 11) is 0. The van der Waals surface area contributed by atoms with Crippen molar-refractivity contribution in [2.45, 2.75) is 36.2 Å². The van der Waals surface area contributed by atoms with Crippen molar-refractivity contribution >= 4 is 11.8 Å². The Hall–Kier alpha value is -1.25. The molecule has 1 aliphatic rings. The number of nitrogens with two attached hydrogens (primary N) is 1. The summed E-state index contributed by atoms with van der Waals surface area (Å²) in [6.07, 6.45) is 2.14. The van der Waals surface area contributed by atoms with Gasteiger partial charge in [-0.1, -0.05) is 54.6 Å². The van der Waals surface area contributed by atoms with Crippen LogP contribution in [0.2, 0.25) is 0 Å². The molecule has 2 aromatic carbocycles. The van der Waals surface area contributed by atoms with Crippen LogP contribution in [0.1, 0.15) is 43.4 Å². The van der Waals surface area contributed by atoms with Gasteiger partial charge in [0.05, 0.1) is 4.75 Å². The summed E-state index contributed by atoms with van der Waals surface area (Å²) in [5, 5.41) is 0. The topological polar surface area (TPSA) is 26.0 Å². The van der Waals surface area contributed by atoms with E-state index < -0.39 is 0 Å². The molecular formula is C19H23NS. The lowest BCUT2D eigenvalue weighted by atomic mass is 9.82. The molecular weight excluding hydrogens is 274 g/mol. The van der Waals surface area contributed by atoms with Gasteiger partial charge in [0.15, 0.2) is 0 Å². The van der Waals surface area contributed by atoms with Gasteiger partial charge in [0.2, 0.25) is 0 Å². The highest BCUT2D eigenvalue weighted by molar-refractivity contribution is 8.01. The van der Waals surface area contributed by atoms with Crippen molar-refractivity contribution in [3.63, 3.8) is 0 Å². The third-order valence-corrected chi connectivity index (χ3v) is 6.15. The van der Waals surface area contributed by atoms with Crippen LogP contribution >= 0.6 is 11.8 Å². The Bertz CT molecular complexity index is 620. The molecule has 0 aliphatic carbocycles. The van der Waals surface area contributed by atoms with E-state index in [1.54, 1.807) is 0 Å². The third kappa shape index (κ3) is 2.41. The van der Waals surface area contributed by atoms with E-state index in [-0.39, 0.29) is 9.49 Å². The van der Waals surface area contributed by atoms with Gasteiger partial charge in [-0.2, -0.15) is 0 Å². The Labute approximate surface area is 132 Å². The summed E-state index contributed by atoms with van der Waals surface area (Å²) in [5.41, 5.74) is 10.2. The molecule has 0 saturated heterocycles. The van der Waals surface area contributed by atoms with E-state index >= 15 is 0 Å². The minimum Gasteiger partial charge on any atom is -0.330 e. The van der Waals surface area contributed by atoms with Crippen LogP contribution in [-0.4, -0.2) is 6.54 Å². The molecule has 2 aromatic rings. The molecule has 0 fully saturated rings. The summed E-state index contributed by atoms with van der Waals surface area (Å²) < 4.78 is 0.182. The lowest BCUT2D eigenvalue weighted by Gasteiger charge is -2.32. The van der Waals surface area contributed by atoms with Gasteiger partial charge in [-0.05, 0) is 49.9 Å². The van der Waals surface area contributed by atoms with Gasteiger partial charge in [-0.3, -0.25) is 0 Å². The van der Waals surface area contributed by atoms with E-state index in [2.05, 4.69) is 80.2 Å². The molecule has 3 rings (SSSR count). The third-order valence-electron chi connectivity index (χ3n) is 4.41. The Morgan fingerprint density at radius 1 is 0.905 bits per heavy atom. The maximum atomic E-state index is 5.82. The number of hydrogen-bond donors (Lipinski definition) is 1. The van der Waals surface area contributed by atoms with Crippen LogP contribution in [-0.2, 0) is 9.49 Å². The number of hydrogen-bond acceptors (Lipinski definition) is 2. The lowest BCUT2D eigenvalue weighted by molar-refractivity contribution is 0.628. The van der Waals surface area contributed by atoms with Gasteiger partial charge in [0.1, 0.15) is 0 Å². The van der Waals surface area contributed by atoms with Crippen LogP contribution in [0.25, 0.3) is 0 Å². The van der Waals surface area contributed by atoms with Gasteiger partial charge in [0.25, 0.3) is 0 Å². The zero-order valence-electron chi connectivity index (χ0n) is 12.8. The van der Waals surface area contributed by atoms with E-state index in [4.69, 9.17) is 5.73 Å². The monoisotopic (exact) mass is 297 g/mol. The Kier molecular flexibility index (Phi) is 3.85. The van der Waals surface area contributed by atoms with Gasteiger partial charge < -0.3 is 5.73 Å². The maximum absolute atomic E-state index is 5.82. The Morgan fingerprint density at radius 3 is 2.19 bits per heavy atom. The summed E-state index contributed by atoms with van der Waals surface area (Å²) in [4.78, 5) is 0. The quantitative estimate of drug-likeness (QED) is 0.889. The fourth-order valence-corrected chi connectivity index (χ4v) is 5.46. The van der Waals surface area contributed by atoms with Gasteiger partial charge in [-0.15, -0.1) is 11.8 Å². The van der Waals surface area contributed by atoms with Crippen LogP contribution in [0.5, 0.6) is 0 Å². The number of fused-ring (bicyclic) bond motifs is 1. The van der Waals surface area contributed by atoms with E-state index in [9.17, 15) is 0 Å². The standard InChI is InChI=1S/C19H23NS/c1-18(2)16-11-6-7-12-17(16)19(21-18,13-8-14-20)15-9-4-3-5-10-15/h3-7,9-12H,8,13-14,20H2,1-2H3. The van der Waals surface area contributed by atoms with Crippen LogP contribution in [0.4, 0.5) is 0 Å². The van der Waals surface area contributed by atoms with Crippen LogP contribution in [0.3, 0.4) is 0 Å². The van der Waals surface area contributed by atoms with E-state index in [0.717, 1.165) is 19.4 Å². The highest BCUT2D eigenvalue weighted by atomic mass is 32.2. The molecule has 1 heterocycles. The van der Waals surface area contributed by atoms with Crippen molar-refractivity contribution in [1.29, 1.82) is 0 Å². The van der Waals surface area contributed by atoms with Crippen LogP contribution in [0.15, 0.2) is 54.6 Å². The van der Waals surface area contributed by atoms with Crippen molar-refractivity contribution in [3.05, 3.63) is 71.3 Å². The molecule has 21 heavy (non-hydrogen) atoms. The second-order valence-electron chi connectivity index (χ2n) is 6.24. The average Bonchev–Trinajstić information content (AvgIpc) is 2.75. The van der Waals surface area contributed by atoms with Crippen molar-refractivity contribution < 1.29 is 0 Å². The highest BCUT2D eigenvalue weighted by Crippen LogP contribution is 2.62.